The molecule has 0 fully saturated rings. The summed E-state index contributed by atoms with van der Waals surface area (Å²) in [6.07, 6.45) is 4.76. The highest BCUT2D eigenvalue weighted by atomic mass is 16.5. The van der Waals surface area contributed by atoms with Gasteiger partial charge in [0.15, 0.2) is 0 Å². The van der Waals surface area contributed by atoms with E-state index in [-0.39, 0.29) is 17.8 Å². The zero-order valence-corrected chi connectivity index (χ0v) is 12.5. The van der Waals surface area contributed by atoms with E-state index in [1.165, 1.54) is 13.2 Å². The van der Waals surface area contributed by atoms with Crippen molar-refractivity contribution in [1.82, 2.24) is 0 Å². The van der Waals surface area contributed by atoms with E-state index in [9.17, 15) is 9.90 Å². The van der Waals surface area contributed by atoms with E-state index in [2.05, 4.69) is 4.74 Å². The smallest absolute Gasteiger partial charge is 0.330 e. The van der Waals surface area contributed by atoms with Crippen LogP contribution in [0.5, 0.6) is 0 Å². The summed E-state index contributed by atoms with van der Waals surface area (Å²) < 4.78 is 15.0. The number of methoxy groups -OCH3 is 3. The highest BCUT2D eigenvalue weighted by Crippen LogP contribution is 2.33. The Morgan fingerprint density at radius 2 is 1.85 bits per heavy atom. The molecule has 0 saturated heterocycles. The fourth-order valence-electron chi connectivity index (χ4n) is 2.59. The lowest BCUT2D eigenvalue weighted by Gasteiger charge is -2.36. The molecule has 4 atom stereocenters. The molecule has 0 bridgehead atoms. The second-order valence-electron chi connectivity index (χ2n) is 5.05. The summed E-state index contributed by atoms with van der Waals surface area (Å²) in [4.78, 5) is 11.3. The largest absolute Gasteiger partial charge is 0.466 e. The molecule has 0 aliphatic heterocycles. The fourth-order valence-corrected chi connectivity index (χ4v) is 2.59. The number of hydrogen-bond acceptors (Lipinski definition) is 5. The Labute approximate surface area is 120 Å². The summed E-state index contributed by atoms with van der Waals surface area (Å²) >= 11 is 0. The predicted molar refractivity (Wildman–Crippen MR) is 75.1 cm³/mol. The molecule has 0 aromatic rings. The number of rotatable bonds is 6. The van der Waals surface area contributed by atoms with Crippen molar-refractivity contribution in [2.45, 2.75) is 13.0 Å². The zero-order chi connectivity index (χ0) is 15.1. The van der Waals surface area contributed by atoms with Gasteiger partial charge in [0.05, 0.1) is 26.4 Å². The average molecular weight is 284 g/mol. The Hall–Kier alpha value is -1.17. The molecular weight excluding hydrogens is 260 g/mol. The lowest BCUT2D eigenvalue weighted by molar-refractivity contribution is -0.134. The second-order valence-corrected chi connectivity index (χ2v) is 5.05. The van der Waals surface area contributed by atoms with Crippen molar-refractivity contribution in [3.63, 3.8) is 0 Å². The van der Waals surface area contributed by atoms with E-state index in [0.29, 0.717) is 13.2 Å². The molecule has 0 radical (unpaired) electrons. The van der Waals surface area contributed by atoms with E-state index >= 15 is 0 Å². The molecule has 20 heavy (non-hydrogen) atoms. The Kier molecular flexibility index (Phi) is 6.91. The molecule has 0 heterocycles. The number of esters is 1. The van der Waals surface area contributed by atoms with Crippen LogP contribution in [0, 0.1) is 17.8 Å². The van der Waals surface area contributed by atoms with E-state index in [0.717, 1.165) is 5.57 Å². The highest BCUT2D eigenvalue weighted by Gasteiger charge is 2.35. The quantitative estimate of drug-likeness (QED) is 0.451. The molecule has 0 unspecified atom stereocenters. The second kappa shape index (κ2) is 8.19. The lowest BCUT2D eigenvalue weighted by atomic mass is 9.74. The van der Waals surface area contributed by atoms with Gasteiger partial charge in [-0.15, -0.1) is 0 Å². The standard InChI is InChI=1S/C15H24O5/c1-10(7-14(16)20-4)12-6-5-11(8-18-2)13(9-19-3)15(12)17/h5-7,11-13,15,17H,8-9H2,1-4H3/b10-7+/t11-,12+,13+,15-/m1/s1. The maximum absolute atomic E-state index is 11.3. The maximum atomic E-state index is 11.3. The number of carbonyl (C=O) groups is 1. The van der Waals surface area contributed by atoms with Crippen molar-refractivity contribution in [3.05, 3.63) is 23.8 Å². The van der Waals surface area contributed by atoms with Gasteiger partial charge in [0.25, 0.3) is 0 Å². The van der Waals surface area contributed by atoms with Gasteiger partial charge in [0.1, 0.15) is 0 Å². The third-order valence-corrected chi connectivity index (χ3v) is 3.71. The van der Waals surface area contributed by atoms with Gasteiger partial charge in [-0.2, -0.15) is 0 Å². The number of ether oxygens (including phenoxy) is 3. The SMILES string of the molecule is COC[C@@H]1[C@H](O)[C@H](/C(C)=C/C(=O)OC)C=C[C@@H]1COC. The van der Waals surface area contributed by atoms with Gasteiger partial charge in [-0.3, -0.25) is 0 Å². The van der Waals surface area contributed by atoms with Crippen LogP contribution in [0.4, 0.5) is 0 Å². The van der Waals surface area contributed by atoms with E-state index in [1.807, 2.05) is 19.1 Å². The first-order chi connectivity index (χ1) is 9.54. The summed E-state index contributed by atoms with van der Waals surface area (Å²) in [5.41, 5.74) is 0.776. The van der Waals surface area contributed by atoms with Crippen LogP contribution in [0.25, 0.3) is 0 Å². The van der Waals surface area contributed by atoms with Crippen LogP contribution < -0.4 is 0 Å². The molecule has 5 heteroatoms. The lowest BCUT2D eigenvalue weighted by Crippen LogP contribution is -2.40. The number of aliphatic hydroxyl groups excluding tert-OH is 1. The van der Waals surface area contributed by atoms with Gasteiger partial charge in [0.2, 0.25) is 0 Å². The predicted octanol–water partition coefficient (Wildman–Crippen LogP) is 1.18. The molecule has 0 spiro atoms. The first kappa shape index (κ1) is 16.9. The van der Waals surface area contributed by atoms with Crippen molar-refractivity contribution in [2.24, 2.45) is 17.8 Å². The molecule has 1 aliphatic carbocycles. The van der Waals surface area contributed by atoms with Gasteiger partial charge >= 0.3 is 5.97 Å². The third-order valence-electron chi connectivity index (χ3n) is 3.71. The van der Waals surface area contributed by atoms with Gasteiger partial charge in [-0.25, -0.2) is 4.79 Å². The Morgan fingerprint density at radius 3 is 2.40 bits per heavy atom. The normalized spacial score (nSPS) is 30.4. The number of aliphatic hydroxyl groups is 1. The Balaban J connectivity index is 2.92. The molecule has 114 valence electrons. The van der Waals surface area contributed by atoms with Crippen LogP contribution in [-0.2, 0) is 19.0 Å². The van der Waals surface area contributed by atoms with Crippen molar-refractivity contribution in [3.8, 4) is 0 Å². The average Bonchev–Trinajstić information content (AvgIpc) is 2.42. The van der Waals surface area contributed by atoms with E-state index in [4.69, 9.17) is 9.47 Å². The van der Waals surface area contributed by atoms with Crippen molar-refractivity contribution in [1.29, 1.82) is 0 Å². The van der Waals surface area contributed by atoms with Crippen LogP contribution in [0.3, 0.4) is 0 Å². The van der Waals surface area contributed by atoms with Crippen LogP contribution in [0.2, 0.25) is 0 Å². The molecule has 5 nitrogen and oxygen atoms in total. The molecule has 1 aliphatic rings. The van der Waals surface area contributed by atoms with Gasteiger partial charge in [0, 0.05) is 38.0 Å². The molecule has 0 aromatic heterocycles. The van der Waals surface area contributed by atoms with Gasteiger partial charge < -0.3 is 19.3 Å². The van der Waals surface area contributed by atoms with Gasteiger partial charge in [-0.05, 0) is 6.92 Å². The molecular formula is C15H24O5. The maximum Gasteiger partial charge on any atom is 0.330 e. The molecule has 0 amide bonds. The van der Waals surface area contributed by atoms with Crippen LogP contribution in [0.15, 0.2) is 23.8 Å². The Morgan fingerprint density at radius 1 is 1.20 bits per heavy atom. The van der Waals surface area contributed by atoms with Crippen molar-refractivity contribution >= 4 is 5.97 Å². The molecule has 1 N–H and O–H groups in total. The summed E-state index contributed by atoms with van der Waals surface area (Å²) in [7, 11) is 4.58. The minimum absolute atomic E-state index is 0.0593. The van der Waals surface area contributed by atoms with Crippen LogP contribution in [0.1, 0.15) is 6.92 Å². The minimum Gasteiger partial charge on any atom is -0.466 e. The van der Waals surface area contributed by atoms with Crippen LogP contribution in [-0.4, -0.2) is 51.7 Å². The van der Waals surface area contributed by atoms with Crippen molar-refractivity contribution < 1.29 is 24.1 Å². The monoisotopic (exact) mass is 284 g/mol. The summed E-state index contributed by atoms with van der Waals surface area (Å²) in [6.45, 7) is 2.80. The summed E-state index contributed by atoms with van der Waals surface area (Å²) in [6, 6.07) is 0. The van der Waals surface area contributed by atoms with E-state index in [1.54, 1.807) is 14.2 Å². The van der Waals surface area contributed by atoms with Crippen LogP contribution >= 0.6 is 0 Å². The molecule has 0 saturated carbocycles. The summed E-state index contributed by atoms with van der Waals surface area (Å²) in [5.74, 6) is -0.569. The first-order valence-electron chi connectivity index (χ1n) is 6.65. The first-order valence-corrected chi connectivity index (χ1v) is 6.65. The number of hydrogen-bond donors (Lipinski definition) is 1. The van der Waals surface area contributed by atoms with Gasteiger partial charge in [-0.1, -0.05) is 17.7 Å². The third kappa shape index (κ3) is 4.16. The fraction of sp³-hybridized carbons (Fsp3) is 0.667. The van der Waals surface area contributed by atoms with E-state index < -0.39 is 12.1 Å². The summed E-state index contributed by atoms with van der Waals surface area (Å²) in [5, 5.41) is 10.5. The highest BCUT2D eigenvalue weighted by molar-refractivity contribution is 5.82. The molecule has 1 rings (SSSR count). The Bertz CT molecular complexity index is 374. The molecule has 0 aromatic carbocycles. The minimum atomic E-state index is -0.610. The topological polar surface area (TPSA) is 65.0 Å². The zero-order valence-electron chi connectivity index (χ0n) is 12.5. The number of carbonyl (C=O) groups excluding carboxylic acids is 1. The van der Waals surface area contributed by atoms with Crippen molar-refractivity contribution in [2.75, 3.05) is 34.5 Å².